The highest BCUT2D eigenvalue weighted by atomic mass is 16.3. The van der Waals surface area contributed by atoms with Crippen LogP contribution in [0.25, 0.3) is 11.2 Å². The zero-order valence-electron chi connectivity index (χ0n) is 20.4. The number of fused-ring (bicyclic) bond motifs is 2. The molecule has 0 bridgehead atoms. The summed E-state index contributed by atoms with van der Waals surface area (Å²) in [5, 5.41) is 11.5. The summed E-state index contributed by atoms with van der Waals surface area (Å²) in [5.74, 6) is 0.273. The van der Waals surface area contributed by atoms with Gasteiger partial charge in [-0.1, -0.05) is 18.6 Å². The number of imidazole rings is 1. The molecule has 3 aromatic heterocycles. The van der Waals surface area contributed by atoms with Crippen molar-refractivity contribution in [1.82, 2.24) is 19.5 Å². The molecule has 182 valence electrons. The predicted molar refractivity (Wildman–Crippen MR) is 138 cm³/mol. The van der Waals surface area contributed by atoms with Crippen molar-refractivity contribution in [2.75, 3.05) is 0 Å². The number of aromatic nitrogens is 4. The van der Waals surface area contributed by atoms with Crippen molar-refractivity contribution in [3.05, 3.63) is 89.1 Å². The number of ketones is 1. The Labute approximate surface area is 210 Å². The molecular formula is C29H29N5O2. The van der Waals surface area contributed by atoms with Crippen LogP contribution in [-0.2, 0) is 13.1 Å². The summed E-state index contributed by atoms with van der Waals surface area (Å²) in [6.07, 6.45) is 8.90. The van der Waals surface area contributed by atoms with Crippen LogP contribution < -0.4 is 0 Å². The molecule has 0 amide bonds. The van der Waals surface area contributed by atoms with Crippen LogP contribution in [0.2, 0.25) is 0 Å². The summed E-state index contributed by atoms with van der Waals surface area (Å²) >= 11 is 0. The van der Waals surface area contributed by atoms with Crippen LogP contribution in [0.4, 0.5) is 0 Å². The second kappa shape index (κ2) is 9.06. The third kappa shape index (κ3) is 4.35. The van der Waals surface area contributed by atoms with E-state index in [4.69, 9.17) is 4.99 Å². The fourth-order valence-corrected chi connectivity index (χ4v) is 5.80. The van der Waals surface area contributed by atoms with Crippen molar-refractivity contribution < 1.29 is 9.90 Å². The summed E-state index contributed by atoms with van der Waals surface area (Å²) in [5.41, 5.74) is 6.55. The van der Waals surface area contributed by atoms with Crippen LogP contribution in [0, 0.1) is 12.8 Å². The van der Waals surface area contributed by atoms with Gasteiger partial charge in [-0.05, 0) is 68.0 Å². The van der Waals surface area contributed by atoms with Crippen LogP contribution >= 0.6 is 0 Å². The fourth-order valence-electron chi connectivity index (χ4n) is 5.80. The first-order chi connectivity index (χ1) is 17.5. The molecule has 2 atom stereocenters. The van der Waals surface area contributed by atoms with Crippen molar-refractivity contribution in [2.45, 2.75) is 57.7 Å². The molecule has 0 radical (unpaired) electrons. The van der Waals surface area contributed by atoms with Crippen LogP contribution in [0.1, 0.15) is 64.8 Å². The van der Waals surface area contributed by atoms with E-state index in [9.17, 15) is 9.90 Å². The minimum absolute atomic E-state index is 0.126. The van der Waals surface area contributed by atoms with E-state index in [-0.39, 0.29) is 11.7 Å². The summed E-state index contributed by atoms with van der Waals surface area (Å²) in [6.45, 7) is 3.07. The lowest BCUT2D eigenvalue weighted by molar-refractivity contribution is -0.0294. The average Bonchev–Trinajstić information content (AvgIpc) is 3.48. The number of carbonyl (C=O) groups excluding carboxylic acids is 1. The Morgan fingerprint density at radius 3 is 2.94 bits per heavy atom. The third-order valence-corrected chi connectivity index (χ3v) is 7.52. The van der Waals surface area contributed by atoms with Gasteiger partial charge in [-0.3, -0.25) is 14.8 Å². The summed E-state index contributed by atoms with van der Waals surface area (Å²) in [6, 6.07) is 13.8. The number of hydrogen-bond acceptors (Lipinski definition) is 6. The van der Waals surface area contributed by atoms with Gasteiger partial charge in [0, 0.05) is 41.2 Å². The Kier molecular flexibility index (Phi) is 5.72. The van der Waals surface area contributed by atoms with Crippen molar-refractivity contribution >= 4 is 22.7 Å². The first kappa shape index (κ1) is 22.7. The topological polar surface area (TPSA) is 93.3 Å². The van der Waals surface area contributed by atoms with E-state index in [0.717, 1.165) is 58.4 Å². The maximum Gasteiger partial charge on any atom is 0.177 e. The maximum atomic E-state index is 13.4. The number of aliphatic imine (C=N–C) groups is 1. The normalized spacial score (nSPS) is 21.4. The van der Waals surface area contributed by atoms with Gasteiger partial charge in [-0.15, -0.1) is 0 Å². The average molecular weight is 480 g/mol. The van der Waals surface area contributed by atoms with Gasteiger partial charge >= 0.3 is 0 Å². The number of rotatable bonds is 6. The van der Waals surface area contributed by atoms with Gasteiger partial charge in [-0.25, -0.2) is 9.97 Å². The fraction of sp³-hybridized carbons (Fsp3) is 0.345. The molecule has 1 fully saturated rings. The van der Waals surface area contributed by atoms with Gasteiger partial charge in [0.15, 0.2) is 11.4 Å². The van der Waals surface area contributed by atoms with Gasteiger partial charge in [0.05, 0.1) is 36.2 Å². The summed E-state index contributed by atoms with van der Waals surface area (Å²) < 4.78 is 1.98. The van der Waals surface area contributed by atoms with Gasteiger partial charge in [0.2, 0.25) is 0 Å². The van der Waals surface area contributed by atoms with Gasteiger partial charge < -0.3 is 9.67 Å². The number of benzene rings is 1. The number of aryl methyl sites for hydroxylation is 1. The molecule has 0 spiro atoms. The molecule has 6 rings (SSSR count). The molecule has 4 heterocycles. The molecule has 1 aromatic carbocycles. The Bertz CT molecular complexity index is 1490. The Morgan fingerprint density at radius 2 is 2.06 bits per heavy atom. The van der Waals surface area contributed by atoms with E-state index in [0.29, 0.717) is 31.6 Å². The highest BCUT2D eigenvalue weighted by molar-refractivity contribution is 6.16. The third-order valence-electron chi connectivity index (χ3n) is 7.52. The number of aliphatic hydroxyl groups is 1. The Balaban J connectivity index is 1.17. The highest BCUT2D eigenvalue weighted by Crippen LogP contribution is 2.37. The lowest BCUT2D eigenvalue weighted by Gasteiger charge is -2.37. The van der Waals surface area contributed by atoms with E-state index in [1.807, 2.05) is 54.0 Å². The minimum atomic E-state index is -0.858. The molecule has 1 saturated carbocycles. The number of Topliss-reactive ketones (excluding diaryl/α,β-unsaturated/α-hetero) is 1. The van der Waals surface area contributed by atoms with E-state index >= 15 is 0 Å². The molecule has 1 aliphatic carbocycles. The zero-order valence-corrected chi connectivity index (χ0v) is 20.4. The van der Waals surface area contributed by atoms with Gasteiger partial charge in [0.1, 0.15) is 0 Å². The van der Waals surface area contributed by atoms with E-state index < -0.39 is 5.60 Å². The quantitative estimate of drug-likeness (QED) is 0.405. The second-order valence-electron chi connectivity index (χ2n) is 10.3. The SMILES string of the molecule is Cc1cc(C2=NCc3ccc(C(=O)C[C@@H]4CCC[C@@](O)(Cn5cnc6ncccc65)C4)cc32)ccn1. The number of pyridine rings is 2. The van der Waals surface area contributed by atoms with Gasteiger partial charge in [0.25, 0.3) is 0 Å². The molecule has 0 unspecified atom stereocenters. The molecule has 36 heavy (non-hydrogen) atoms. The van der Waals surface area contributed by atoms with Crippen LogP contribution in [0.3, 0.4) is 0 Å². The second-order valence-corrected chi connectivity index (χ2v) is 10.3. The predicted octanol–water partition coefficient (Wildman–Crippen LogP) is 4.68. The molecule has 1 aliphatic heterocycles. The lowest BCUT2D eigenvalue weighted by atomic mass is 9.75. The van der Waals surface area contributed by atoms with E-state index in [1.54, 1.807) is 18.7 Å². The minimum Gasteiger partial charge on any atom is -0.388 e. The van der Waals surface area contributed by atoms with Gasteiger partial charge in [-0.2, -0.15) is 0 Å². The number of carbonyl (C=O) groups is 1. The smallest absolute Gasteiger partial charge is 0.177 e. The highest BCUT2D eigenvalue weighted by Gasteiger charge is 2.36. The lowest BCUT2D eigenvalue weighted by Crippen LogP contribution is -2.39. The molecule has 7 nitrogen and oxygen atoms in total. The zero-order chi connectivity index (χ0) is 24.7. The summed E-state index contributed by atoms with van der Waals surface area (Å²) in [4.78, 5) is 31.0. The van der Waals surface area contributed by atoms with Crippen molar-refractivity contribution in [3.8, 4) is 0 Å². The Hall–Kier alpha value is -3.71. The number of hydrogen-bond donors (Lipinski definition) is 1. The van der Waals surface area contributed by atoms with Crippen LogP contribution in [0.15, 0.2) is 66.2 Å². The standard InChI is InChI=1S/C29H29N5O2/c1-19-12-22(8-11-30-19)27-24-14-21(6-7-23(24)16-32-27)26(35)13-20-4-2-9-29(36,15-20)17-34-18-33-28-25(34)5-3-10-31-28/h3,5-8,10-12,14,18,20,36H,2,4,9,13,15-17H2,1H3/t20-,29-/m0/s1. The first-order valence-electron chi connectivity index (χ1n) is 12.6. The molecule has 4 aromatic rings. The first-order valence-corrected chi connectivity index (χ1v) is 12.6. The monoisotopic (exact) mass is 479 g/mol. The van der Waals surface area contributed by atoms with Crippen molar-refractivity contribution in [2.24, 2.45) is 10.9 Å². The van der Waals surface area contributed by atoms with E-state index in [1.165, 1.54) is 0 Å². The van der Waals surface area contributed by atoms with Crippen LogP contribution in [-0.4, -0.2) is 41.7 Å². The molecular weight excluding hydrogens is 450 g/mol. The largest absolute Gasteiger partial charge is 0.388 e. The molecule has 7 heteroatoms. The molecule has 1 N–H and O–H groups in total. The van der Waals surface area contributed by atoms with Crippen LogP contribution in [0.5, 0.6) is 0 Å². The Morgan fingerprint density at radius 1 is 1.14 bits per heavy atom. The number of nitrogens with zero attached hydrogens (tertiary/aromatic N) is 5. The van der Waals surface area contributed by atoms with Crippen molar-refractivity contribution in [1.29, 1.82) is 0 Å². The molecule has 0 saturated heterocycles. The summed E-state index contributed by atoms with van der Waals surface area (Å²) in [7, 11) is 0. The maximum absolute atomic E-state index is 13.4. The van der Waals surface area contributed by atoms with E-state index in [2.05, 4.69) is 15.0 Å². The van der Waals surface area contributed by atoms with Crippen molar-refractivity contribution in [3.63, 3.8) is 0 Å². The molecule has 2 aliphatic rings.